The lowest BCUT2D eigenvalue weighted by Gasteiger charge is -2.45. The maximum Gasteiger partial charge on any atom is 0.161 e. The standard InChI is InChI=1S/C25H31N3O3/c1-29-24-15-18-9-10-28(27-11-13-31-14-12-27)23(21(18)16-25(24)30-2)8-7-19-17-26-22-6-4-3-5-20(19)22/h3-6,15-17,23,26H,7-14H2,1-2H3/t23-/m1/s1. The first-order chi connectivity index (χ1) is 15.3. The molecule has 0 amide bonds. The molecule has 6 nitrogen and oxygen atoms in total. The van der Waals surface area contributed by atoms with Gasteiger partial charge in [-0.3, -0.25) is 0 Å². The van der Waals surface area contributed by atoms with Crippen LogP contribution < -0.4 is 9.47 Å². The third-order valence-corrected chi connectivity index (χ3v) is 6.69. The molecule has 31 heavy (non-hydrogen) atoms. The number of methoxy groups -OCH3 is 2. The molecule has 0 saturated carbocycles. The van der Waals surface area contributed by atoms with Crippen LogP contribution in [0.2, 0.25) is 0 Å². The summed E-state index contributed by atoms with van der Waals surface area (Å²) in [6.45, 7) is 4.51. The Bertz CT molecular complexity index is 1040. The van der Waals surface area contributed by atoms with Crippen LogP contribution in [0.1, 0.15) is 29.2 Å². The normalized spacial score (nSPS) is 20.0. The van der Waals surface area contributed by atoms with Gasteiger partial charge in [0.25, 0.3) is 0 Å². The van der Waals surface area contributed by atoms with E-state index < -0.39 is 0 Å². The molecule has 1 fully saturated rings. The lowest BCUT2D eigenvalue weighted by Crippen LogP contribution is -2.52. The van der Waals surface area contributed by atoms with E-state index >= 15 is 0 Å². The number of nitrogens with zero attached hydrogens (tertiary/aromatic N) is 2. The van der Waals surface area contributed by atoms with Crippen LogP contribution in [0.4, 0.5) is 0 Å². The first-order valence-electron chi connectivity index (χ1n) is 11.2. The smallest absolute Gasteiger partial charge is 0.161 e. The van der Waals surface area contributed by atoms with Crippen molar-refractivity contribution in [1.82, 2.24) is 15.0 Å². The molecule has 0 spiro atoms. The molecule has 5 rings (SSSR count). The number of hydrazine groups is 1. The fourth-order valence-electron chi connectivity index (χ4n) is 5.10. The van der Waals surface area contributed by atoms with Gasteiger partial charge >= 0.3 is 0 Å². The van der Waals surface area contributed by atoms with E-state index in [4.69, 9.17) is 14.2 Å². The molecule has 0 aliphatic carbocycles. The van der Waals surface area contributed by atoms with Crippen molar-refractivity contribution < 1.29 is 14.2 Å². The summed E-state index contributed by atoms with van der Waals surface area (Å²) >= 11 is 0. The first-order valence-corrected chi connectivity index (χ1v) is 11.2. The minimum atomic E-state index is 0.301. The molecule has 2 aliphatic rings. The van der Waals surface area contributed by atoms with Crippen LogP contribution in [0.15, 0.2) is 42.6 Å². The van der Waals surface area contributed by atoms with Crippen LogP contribution in [0.25, 0.3) is 10.9 Å². The Kier molecular flexibility index (Phi) is 5.85. The van der Waals surface area contributed by atoms with E-state index in [9.17, 15) is 0 Å². The Hall–Kier alpha value is -2.54. The van der Waals surface area contributed by atoms with Crippen molar-refractivity contribution in [3.8, 4) is 11.5 Å². The van der Waals surface area contributed by atoms with Crippen molar-refractivity contribution >= 4 is 10.9 Å². The van der Waals surface area contributed by atoms with E-state index in [1.807, 2.05) is 0 Å². The molecule has 1 N–H and O–H groups in total. The van der Waals surface area contributed by atoms with Crippen LogP contribution in [0.5, 0.6) is 11.5 Å². The number of aromatic amines is 1. The lowest BCUT2D eigenvalue weighted by molar-refractivity contribution is -0.119. The molecule has 3 aromatic rings. The number of aromatic nitrogens is 1. The summed E-state index contributed by atoms with van der Waals surface area (Å²) in [5.74, 6) is 1.62. The van der Waals surface area contributed by atoms with Gasteiger partial charge in [0.2, 0.25) is 0 Å². The number of hydrogen-bond donors (Lipinski definition) is 1. The maximum atomic E-state index is 5.66. The predicted molar refractivity (Wildman–Crippen MR) is 122 cm³/mol. The molecule has 1 saturated heterocycles. The number of hydrogen-bond acceptors (Lipinski definition) is 5. The number of aryl methyl sites for hydroxylation is 1. The number of morpholine rings is 1. The lowest BCUT2D eigenvalue weighted by atomic mass is 9.89. The van der Waals surface area contributed by atoms with Crippen molar-refractivity contribution in [2.75, 3.05) is 47.1 Å². The molecule has 0 radical (unpaired) electrons. The Morgan fingerprint density at radius 1 is 1.03 bits per heavy atom. The van der Waals surface area contributed by atoms with Gasteiger partial charge in [-0.05, 0) is 54.2 Å². The highest BCUT2D eigenvalue weighted by molar-refractivity contribution is 5.83. The van der Waals surface area contributed by atoms with Gasteiger partial charge in [-0.2, -0.15) is 0 Å². The molecule has 6 heteroatoms. The molecule has 2 aliphatic heterocycles. The van der Waals surface area contributed by atoms with E-state index in [1.54, 1.807) is 14.2 Å². The van der Waals surface area contributed by atoms with E-state index in [2.05, 4.69) is 57.6 Å². The van der Waals surface area contributed by atoms with Crippen molar-refractivity contribution in [2.24, 2.45) is 0 Å². The summed E-state index contributed by atoms with van der Waals surface area (Å²) in [6, 6.07) is 13.2. The number of rotatable bonds is 6. The van der Waals surface area contributed by atoms with Crippen molar-refractivity contribution in [2.45, 2.75) is 25.3 Å². The molecule has 2 aromatic carbocycles. The number of ether oxygens (including phenoxy) is 3. The molecular formula is C25H31N3O3. The molecule has 1 atom stereocenters. The Balaban J connectivity index is 1.48. The fourth-order valence-corrected chi connectivity index (χ4v) is 5.10. The van der Waals surface area contributed by atoms with Gasteiger partial charge in [0.05, 0.1) is 33.5 Å². The highest BCUT2D eigenvalue weighted by Gasteiger charge is 2.33. The van der Waals surface area contributed by atoms with Crippen LogP contribution in [0, 0.1) is 0 Å². The van der Waals surface area contributed by atoms with Gasteiger partial charge in [-0.25, -0.2) is 10.0 Å². The summed E-state index contributed by atoms with van der Waals surface area (Å²) in [5, 5.41) is 6.39. The Morgan fingerprint density at radius 2 is 1.81 bits per heavy atom. The number of nitrogens with one attached hydrogen (secondary N) is 1. The van der Waals surface area contributed by atoms with E-state index in [0.29, 0.717) is 6.04 Å². The van der Waals surface area contributed by atoms with E-state index in [0.717, 1.165) is 63.6 Å². The third-order valence-electron chi connectivity index (χ3n) is 6.69. The SMILES string of the molecule is COc1cc2c(cc1OC)[C@@H](CCc1c[nH]c3ccccc13)N(N1CCOCC1)CC2. The monoisotopic (exact) mass is 421 g/mol. The summed E-state index contributed by atoms with van der Waals surface area (Å²) in [7, 11) is 3.43. The van der Waals surface area contributed by atoms with Gasteiger partial charge in [-0.1, -0.05) is 18.2 Å². The van der Waals surface area contributed by atoms with Crippen molar-refractivity contribution in [1.29, 1.82) is 0 Å². The van der Waals surface area contributed by atoms with Crippen LogP contribution in [-0.2, 0) is 17.6 Å². The zero-order valence-corrected chi connectivity index (χ0v) is 18.4. The van der Waals surface area contributed by atoms with Gasteiger partial charge in [-0.15, -0.1) is 0 Å². The fraction of sp³-hybridized carbons (Fsp3) is 0.440. The van der Waals surface area contributed by atoms with Gasteiger partial charge in [0.1, 0.15) is 0 Å². The minimum absolute atomic E-state index is 0.301. The molecule has 1 aromatic heterocycles. The number of benzene rings is 2. The van der Waals surface area contributed by atoms with Crippen LogP contribution in [-0.4, -0.2) is 62.1 Å². The van der Waals surface area contributed by atoms with Gasteiger partial charge < -0.3 is 19.2 Å². The predicted octanol–water partition coefficient (Wildman–Crippen LogP) is 3.96. The van der Waals surface area contributed by atoms with Crippen molar-refractivity contribution in [3.05, 3.63) is 59.3 Å². The highest BCUT2D eigenvalue weighted by atomic mass is 16.5. The van der Waals surface area contributed by atoms with Gasteiger partial charge in [0.15, 0.2) is 11.5 Å². The third kappa shape index (κ3) is 3.91. The second kappa shape index (κ2) is 8.91. The topological polar surface area (TPSA) is 50.0 Å². The summed E-state index contributed by atoms with van der Waals surface area (Å²) in [4.78, 5) is 3.43. The zero-order valence-electron chi connectivity index (χ0n) is 18.4. The summed E-state index contributed by atoms with van der Waals surface area (Å²) in [5.41, 5.74) is 5.31. The maximum absolute atomic E-state index is 5.66. The van der Waals surface area contributed by atoms with Gasteiger partial charge in [0, 0.05) is 36.7 Å². The summed E-state index contributed by atoms with van der Waals surface area (Å²) < 4.78 is 16.9. The Morgan fingerprint density at radius 3 is 2.61 bits per heavy atom. The molecule has 3 heterocycles. The average Bonchev–Trinajstić information content (AvgIpc) is 3.25. The van der Waals surface area contributed by atoms with Crippen LogP contribution in [0.3, 0.4) is 0 Å². The number of fused-ring (bicyclic) bond motifs is 2. The Labute approximate surface area is 183 Å². The molecular weight excluding hydrogens is 390 g/mol. The quantitative estimate of drug-likeness (QED) is 0.653. The molecule has 164 valence electrons. The average molecular weight is 422 g/mol. The second-order valence-electron chi connectivity index (χ2n) is 8.30. The second-order valence-corrected chi connectivity index (χ2v) is 8.30. The van der Waals surface area contributed by atoms with Crippen molar-refractivity contribution in [3.63, 3.8) is 0 Å². The van der Waals surface area contributed by atoms with E-state index in [-0.39, 0.29) is 0 Å². The largest absolute Gasteiger partial charge is 0.493 e. The zero-order chi connectivity index (χ0) is 21.2. The number of para-hydroxylation sites is 1. The molecule has 0 bridgehead atoms. The summed E-state index contributed by atoms with van der Waals surface area (Å²) in [6.07, 6.45) is 5.24. The first kappa shape index (κ1) is 20.4. The molecule has 0 unspecified atom stereocenters. The van der Waals surface area contributed by atoms with Crippen LogP contribution >= 0.6 is 0 Å². The van der Waals surface area contributed by atoms with E-state index in [1.165, 1.54) is 27.6 Å². The number of H-pyrrole nitrogens is 1. The minimum Gasteiger partial charge on any atom is -0.493 e. The highest BCUT2D eigenvalue weighted by Crippen LogP contribution is 2.41.